The molecule has 3 N–H and O–H groups in total. The summed E-state index contributed by atoms with van der Waals surface area (Å²) >= 11 is 4.98. The van der Waals surface area contributed by atoms with Crippen LogP contribution in [0, 0.1) is 0 Å². The molecule has 1 heterocycles. The van der Waals surface area contributed by atoms with E-state index in [0.29, 0.717) is 5.69 Å². The number of carbonyl (C=O) groups excluding carboxylic acids is 1. The molecule has 0 aliphatic rings. The van der Waals surface area contributed by atoms with Gasteiger partial charge in [0.05, 0.1) is 23.1 Å². The van der Waals surface area contributed by atoms with Crippen molar-refractivity contribution in [2.45, 2.75) is 5.92 Å². The Labute approximate surface area is 115 Å². The maximum atomic E-state index is 12.2. The van der Waals surface area contributed by atoms with Crippen molar-refractivity contribution in [3.05, 3.63) is 54.6 Å². The molecule has 0 saturated heterocycles. The van der Waals surface area contributed by atoms with E-state index in [9.17, 15) is 4.79 Å². The van der Waals surface area contributed by atoms with Crippen molar-refractivity contribution < 1.29 is 4.79 Å². The lowest BCUT2D eigenvalue weighted by Crippen LogP contribution is -2.31. The fourth-order valence-corrected chi connectivity index (χ4v) is 1.91. The molecule has 0 fully saturated rings. The van der Waals surface area contributed by atoms with Crippen LogP contribution in [0.4, 0.5) is 5.69 Å². The van der Waals surface area contributed by atoms with Crippen LogP contribution < -0.4 is 11.1 Å². The maximum Gasteiger partial charge on any atom is 0.238 e. The molecule has 0 spiro atoms. The predicted molar refractivity (Wildman–Crippen MR) is 76.6 cm³/mol. The number of amides is 1. The van der Waals surface area contributed by atoms with Gasteiger partial charge in [-0.2, -0.15) is 0 Å². The van der Waals surface area contributed by atoms with Crippen LogP contribution in [0.3, 0.4) is 0 Å². The first kappa shape index (κ1) is 13.1. The molecular formula is C13H12N4OS. The predicted octanol–water partition coefficient (Wildman–Crippen LogP) is 1.49. The molecule has 1 atom stereocenters. The molecule has 5 nitrogen and oxygen atoms in total. The van der Waals surface area contributed by atoms with Gasteiger partial charge in [0.15, 0.2) is 0 Å². The average Bonchev–Trinajstić information content (AvgIpc) is 2.40. The minimum Gasteiger partial charge on any atom is -0.392 e. The molecule has 6 heteroatoms. The van der Waals surface area contributed by atoms with Gasteiger partial charge in [-0.25, -0.2) is 9.97 Å². The van der Waals surface area contributed by atoms with Gasteiger partial charge >= 0.3 is 0 Å². The number of hydrogen-bond donors (Lipinski definition) is 2. The summed E-state index contributed by atoms with van der Waals surface area (Å²) in [6, 6.07) is 9.15. The molecule has 0 radical (unpaired) electrons. The zero-order chi connectivity index (χ0) is 13.7. The second-order valence-corrected chi connectivity index (χ2v) is 4.33. The first-order chi connectivity index (χ1) is 9.18. The summed E-state index contributed by atoms with van der Waals surface area (Å²) in [6.45, 7) is 0. The molecule has 1 aromatic heterocycles. The standard InChI is InChI=1S/C13H12N4OS/c14-12(19)11(9-4-2-1-3-5-9)13(18)17-10-6-15-8-16-7-10/h1-8,11H,(H2,14,19)(H,17,18). The quantitative estimate of drug-likeness (QED) is 0.824. The number of thiocarbonyl (C=S) groups is 1. The smallest absolute Gasteiger partial charge is 0.238 e. The Hall–Kier alpha value is -2.34. The van der Waals surface area contributed by atoms with Gasteiger partial charge in [0, 0.05) is 0 Å². The van der Waals surface area contributed by atoms with Crippen LogP contribution in [0.5, 0.6) is 0 Å². The molecule has 0 saturated carbocycles. The zero-order valence-electron chi connectivity index (χ0n) is 9.98. The Morgan fingerprint density at radius 2 is 1.84 bits per heavy atom. The SMILES string of the molecule is NC(=S)C(C(=O)Nc1cncnc1)c1ccccc1. The number of nitrogens with two attached hydrogens (primary N) is 1. The Balaban J connectivity index is 2.21. The minimum atomic E-state index is -0.670. The van der Waals surface area contributed by atoms with E-state index in [0.717, 1.165) is 5.56 Å². The maximum absolute atomic E-state index is 12.2. The number of nitrogens with one attached hydrogen (secondary N) is 1. The van der Waals surface area contributed by atoms with Crippen LogP contribution in [-0.4, -0.2) is 20.9 Å². The van der Waals surface area contributed by atoms with Gasteiger partial charge in [-0.1, -0.05) is 42.5 Å². The van der Waals surface area contributed by atoms with E-state index in [4.69, 9.17) is 18.0 Å². The van der Waals surface area contributed by atoms with E-state index >= 15 is 0 Å². The van der Waals surface area contributed by atoms with Crippen LogP contribution >= 0.6 is 12.2 Å². The van der Waals surface area contributed by atoms with E-state index in [2.05, 4.69) is 15.3 Å². The van der Waals surface area contributed by atoms with Gasteiger partial charge in [0.1, 0.15) is 12.2 Å². The van der Waals surface area contributed by atoms with E-state index in [1.54, 1.807) is 0 Å². The third-order valence-electron chi connectivity index (χ3n) is 2.51. The number of aromatic nitrogens is 2. The molecule has 1 unspecified atom stereocenters. The molecule has 2 rings (SSSR count). The summed E-state index contributed by atoms with van der Waals surface area (Å²) in [5, 5.41) is 2.69. The molecule has 96 valence electrons. The van der Waals surface area contributed by atoms with Gasteiger partial charge in [0.2, 0.25) is 5.91 Å². The van der Waals surface area contributed by atoms with Crippen LogP contribution in [0.25, 0.3) is 0 Å². The first-order valence-corrected chi connectivity index (χ1v) is 5.99. The van der Waals surface area contributed by atoms with Gasteiger partial charge in [-0.15, -0.1) is 0 Å². The number of nitrogens with zero attached hydrogens (tertiary/aromatic N) is 2. The third kappa shape index (κ3) is 3.32. The van der Waals surface area contributed by atoms with Crippen molar-refractivity contribution >= 4 is 28.8 Å². The highest BCUT2D eigenvalue weighted by Gasteiger charge is 2.23. The topological polar surface area (TPSA) is 80.9 Å². The minimum absolute atomic E-state index is 0.126. The molecule has 1 aromatic carbocycles. The number of hydrogen-bond acceptors (Lipinski definition) is 4. The van der Waals surface area contributed by atoms with E-state index in [-0.39, 0.29) is 10.9 Å². The third-order valence-corrected chi connectivity index (χ3v) is 2.74. The zero-order valence-corrected chi connectivity index (χ0v) is 10.8. The van der Waals surface area contributed by atoms with Crippen molar-refractivity contribution in [1.29, 1.82) is 0 Å². The van der Waals surface area contributed by atoms with Crippen molar-refractivity contribution in [3.63, 3.8) is 0 Å². The van der Waals surface area contributed by atoms with Crippen molar-refractivity contribution in [1.82, 2.24) is 9.97 Å². The van der Waals surface area contributed by atoms with Gasteiger partial charge < -0.3 is 11.1 Å². The summed E-state index contributed by atoms with van der Waals surface area (Å²) in [7, 11) is 0. The number of anilines is 1. The number of carbonyl (C=O) groups is 1. The fourth-order valence-electron chi connectivity index (χ4n) is 1.67. The molecule has 0 aliphatic carbocycles. The van der Waals surface area contributed by atoms with E-state index in [1.807, 2.05) is 30.3 Å². The Morgan fingerprint density at radius 1 is 1.21 bits per heavy atom. The van der Waals surface area contributed by atoms with Crippen molar-refractivity contribution in [3.8, 4) is 0 Å². The van der Waals surface area contributed by atoms with Crippen LogP contribution in [-0.2, 0) is 4.79 Å². The molecular weight excluding hydrogens is 260 g/mol. The van der Waals surface area contributed by atoms with E-state index in [1.165, 1.54) is 18.7 Å². The normalized spacial score (nSPS) is 11.6. The monoisotopic (exact) mass is 272 g/mol. The van der Waals surface area contributed by atoms with Crippen LogP contribution in [0.2, 0.25) is 0 Å². The lowest BCUT2D eigenvalue weighted by Gasteiger charge is -2.15. The highest BCUT2D eigenvalue weighted by Crippen LogP contribution is 2.18. The molecule has 2 aromatic rings. The Kier molecular flexibility index (Phi) is 4.15. The fraction of sp³-hybridized carbons (Fsp3) is 0.0769. The summed E-state index contributed by atoms with van der Waals surface area (Å²) in [4.78, 5) is 20.0. The second kappa shape index (κ2) is 6.01. The molecule has 19 heavy (non-hydrogen) atoms. The summed E-state index contributed by atoms with van der Waals surface area (Å²) < 4.78 is 0. The van der Waals surface area contributed by atoms with Crippen LogP contribution in [0.1, 0.15) is 11.5 Å². The largest absolute Gasteiger partial charge is 0.392 e. The van der Waals surface area contributed by atoms with Crippen molar-refractivity contribution in [2.24, 2.45) is 5.73 Å². The first-order valence-electron chi connectivity index (χ1n) is 5.58. The summed E-state index contributed by atoms with van der Waals surface area (Å²) in [6.07, 6.45) is 4.40. The van der Waals surface area contributed by atoms with Gasteiger partial charge in [-0.05, 0) is 5.56 Å². The Bertz CT molecular complexity index is 574. The highest BCUT2D eigenvalue weighted by atomic mass is 32.1. The number of rotatable bonds is 4. The average molecular weight is 272 g/mol. The molecule has 0 aliphatic heterocycles. The summed E-state index contributed by atoms with van der Waals surface area (Å²) in [5.74, 6) is -0.968. The molecule has 1 amide bonds. The second-order valence-electron chi connectivity index (χ2n) is 3.86. The van der Waals surface area contributed by atoms with E-state index < -0.39 is 5.92 Å². The Morgan fingerprint density at radius 3 is 2.42 bits per heavy atom. The van der Waals surface area contributed by atoms with Crippen molar-refractivity contribution in [2.75, 3.05) is 5.32 Å². The lowest BCUT2D eigenvalue weighted by molar-refractivity contribution is -0.116. The van der Waals surface area contributed by atoms with Crippen LogP contribution in [0.15, 0.2) is 49.1 Å². The lowest BCUT2D eigenvalue weighted by atomic mass is 9.98. The molecule has 0 bridgehead atoms. The van der Waals surface area contributed by atoms with Gasteiger partial charge in [-0.3, -0.25) is 4.79 Å². The highest BCUT2D eigenvalue weighted by molar-refractivity contribution is 7.80. The number of benzene rings is 1. The van der Waals surface area contributed by atoms with Gasteiger partial charge in [0.25, 0.3) is 0 Å². The summed E-state index contributed by atoms with van der Waals surface area (Å²) in [5.41, 5.74) is 6.92.